The summed E-state index contributed by atoms with van der Waals surface area (Å²) in [5, 5.41) is 0. The Morgan fingerprint density at radius 2 is 1.95 bits per heavy atom. The SMILES string of the molecule is Cc1ccc(/C=C/C(=O)N(C)Cc2ccc(Cl)s2)cc1. The lowest BCUT2D eigenvalue weighted by atomic mass is 10.1. The number of thiophene rings is 1. The Morgan fingerprint density at radius 3 is 2.55 bits per heavy atom. The normalized spacial score (nSPS) is 10.9. The predicted molar refractivity (Wildman–Crippen MR) is 86.0 cm³/mol. The molecule has 2 aromatic rings. The molecule has 1 aromatic heterocycles. The summed E-state index contributed by atoms with van der Waals surface area (Å²) < 4.78 is 0.746. The van der Waals surface area contributed by atoms with E-state index >= 15 is 0 Å². The first-order chi connectivity index (χ1) is 9.54. The van der Waals surface area contributed by atoms with E-state index in [1.807, 2.05) is 49.4 Å². The summed E-state index contributed by atoms with van der Waals surface area (Å²) in [6.07, 6.45) is 3.43. The van der Waals surface area contributed by atoms with Gasteiger partial charge in [-0.25, -0.2) is 0 Å². The standard InChI is InChI=1S/C16H16ClNOS/c1-12-3-5-13(6-4-12)7-10-16(19)18(2)11-14-8-9-15(17)20-14/h3-10H,11H2,1-2H3/b10-7+. The molecule has 0 radical (unpaired) electrons. The molecule has 0 aliphatic carbocycles. The molecule has 2 rings (SSSR count). The zero-order valence-corrected chi connectivity index (χ0v) is 13.0. The van der Waals surface area contributed by atoms with Gasteiger partial charge in [-0.2, -0.15) is 0 Å². The van der Waals surface area contributed by atoms with Crippen molar-refractivity contribution in [3.8, 4) is 0 Å². The lowest BCUT2D eigenvalue weighted by molar-refractivity contribution is -0.125. The largest absolute Gasteiger partial charge is 0.337 e. The van der Waals surface area contributed by atoms with E-state index in [2.05, 4.69) is 0 Å². The third-order valence-corrected chi connectivity index (χ3v) is 4.11. The number of hydrogen-bond donors (Lipinski definition) is 0. The van der Waals surface area contributed by atoms with Crippen LogP contribution >= 0.6 is 22.9 Å². The third kappa shape index (κ3) is 4.22. The van der Waals surface area contributed by atoms with Crippen molar-refractivity contribution in [3.05, 3.63) is 62.8 Å². The average Bonchev–Trinajstić information content (AvgIpc) is 2.83. The number of rotatable bonds is 4. The number of halogens is 1. The average molecular weight is 306 g/mol. The van der Waals surface area contributed by atoms with E-state index in [9.17, 15) is 4.79 Å². The predicted octanol–water partition coefficient (Wildman–Crippen LogP) is 4.38. The van der Waals surface area contributed by atoms with Crippen LogP contribution in [0.3, 0.4) is 0 Å². The van der Waals surface area contributed by atoms with Crippen LogP contribution < -0.4 is 0 Å². The van der Waals surface area contributed by atoms with Crippen LogP contribution in [0.4, 0.5) is 0 Å². The van der Waals surface area contributed by atoms with Crippen molar-refractivity contribution in [1.82, 2.24) is 4.90 Å². The van der Waals surface area contributed by atoms with Crippen LogP contribution in [-0.2, 0) is 11.3 Å². The molecule has 1 amide bonds. The summed E-state index contributed by atoms with van der Waals surface area (Å²) in [6.45, 7) is 2.62. The minimum absolute atomic E-state index is 0.0184. The lowest BCUT2D eigenvalue weighted by Gasteiger charge is -2.13. The minimum Gasteiger partial charge on any atom is -0.337 e. The third-order valence-electron chi connectivity index (χ3n) is 2.89. The Hall–Kier alpha value is -1.58. The number of benzene rings is 1. The van der Waals surface area contributed by atoms with Crippen LogP contribution in [0, 0.1) is 6.92 Å². The minimum atomic E-state index is -0.0184. The molecule has 0 aliphatic heterocycles. The summed E-state index contributed by atoms with van der Waals surface area (Å²) in [6, 6.07) is 11.8. The van der Waals surface area contributed by atoms with Crippen molar-refractivity contribution in [2.24, 2.45) is 0 Å². The maximum atomic E-state index is 12.0. The van der Waals surface area contributed by atoms with Crippen molar-refractivity contribution in [1.29, 1.82) is 0 Å². The van der Waals surface area contributed by atoms with E-state index < -0.39 is 0 Å². The zero-order valence-electron chi connectivity index (χ0n) is 11.5. The summed E-state index contributed by atoms with van der Waals surface area (Å²) >= 11 is 7.38. The molecule has 4 heteroatoms. The van der Waals surface area contributed by atoms with Gasteiger partial charge < -0.3 is 4.90 Å². The van der Waals surface area contributed by atoms with E-state index in [4.69, 9.17) is 11.6 Å². The molecule has 0 spiro atoms. The van der Waals surface area contributed by atoms with E-state index in [0.29, 0.717) is 6.54 Å². The summed E-state index contributed by atoms with van der Waals surface area (Å²) in [5.74, 6) is -0.0184. The number of carbonyl (C=O) groups excluding carboxylic acids is 1. The molecule has 2 nitrogen and oxygen atoms in total. The van der Waals surface area contributed by atoms with E-state index in [1.54, 1.807) is 18.0 Å². The molecule has 0 atom stereocenters. The molecular formula is C16H16ClNOS. The van der Waals surface area contributed by atoms with Gasteiger partial charge in [0.2, 0.25) is 5.91 Å². The first-order valence-corrected chi connectivity index (χ1v) is 7.48. The second-order valence-corrected chi connectivity index (χ2v) is 6.44. The Balaban J connectivity index is 1.95. The molecule has 1 aromatic carbocycles. The topological polar surface area (TPSA) is 20.3 Å². The van der Waals surface area contributed by atoms with Crippen molar-refractivity contribution < 1.29 is 4.79 Å². The van der Waals surface area contributed by atoms with Gasteiger partial charge in [0, 0.05) is 18.0 Å². The fraction of sp³-hybridized carbons (Fsp3) is 0.188. The number of aryl methyl sites for hydroxylation is 1. The second-order valence-electron chi connectivity index (χ2n) is 4.64. The Bertz CT molecular complexity index is 616. The van der Waals surface area contributed by atoms with Gasteiger partial charge in [-0.3, -0.25) is 4.79 Å². The van der Waals surface area contributed by atoms with Crippen LogP contribution in [-0.4, -0.2) is 17.9 Å². The molecule has 0 saturated heterocycles. The quantitative estimate of drug-likeness (QED) is 0.768. The van der Waals surface area contributed by atoms with Crippen LogP contribution in [0.2, 0.25) is 4.34 Å². The summed E-state index contributed by atoms with van der Waals surface area (Å²) in [7, 11) is 1.79. The number of amides is 1. The molecule has 0 unspecified atom stereocenters. The molecule has 0 saturated carbocycles. The highest BCUT2D eigenvalue weighted by molar-refractivity contribution is 7.16. The number of carbonyl (C=O) groups is 1. The van der Waals surface area contributed by atoms with Gasteiger partial charge >= 0.3 is 0 Å². The van der Waals surface area contributed by atoms with Crippen molar-refractivity contribution in [3.63, 3.8) is 0 Å². The molecule has 1 heterocycles. The van der Waals surface area contributed by atoms with Crippen LogP contribution in [0.5, 0.6) is 0 Å². The smallest absolute Gasteiger partial charge is 0.246 e. The Kier molecular flexibility index (Phi) is 4.99. The summed E-state index contributed by atoms with van der Waals surface area (Å²) in [4.78, 5) is 14.8. The first kappa shape index (κ1) is 14.8. The van der Waals surface area contributed by atoms with Crippen molar-refractivity contribution in [2.45, 2.75) is 13.5 Å². The van der Waals surface area contributed by atoms with Crippen LogP contribution in [0.15, 0.2) is 42.5 Å². The van der Waals surface area contributed by atoms with Crippen LogP contribution in [0.1, 0.15) is 16.0 Å². The van der Waals surface area contributed by atoms with E-state index in [-0.39, 0.29) is 5.91 Å². The highest BCUT2D eigenvalue weighted by atomic mass is 35.5. The fourth-order valence-corrected chi connectivity index (χ4v) is 2.86. The molecule has 20 heavy (non-hydrogen) atoms. The van der Waals surface area contributed by atoms with Gasteiger partial charge in [0.1, 0.15) is 0 Å². The molecule has 0 aliphatic rings. The van der Waals surface area contributed by atoms with Gasteiger partial charge in [0.25, 0.3) is 0 Å². The molecule has 0 fully saturated rings. The van der Waals surface area contributed by atoms with Crippen molar-refractivity contribution in [2.75, 3.05) is 7.05 Å². The summed E-state index contributed by atoms with van der Waals surface area (Å²) in [5.41, 5.74) is 2.23. The van der Waals surface area contributed by atoms with Crippen LogP contribution in [0.25, 0.3) is 6.08 Å². The van der Waals surface area contributed by atoms with Gasteiger partial charge in [0.15, 0.2) is 0 Å². The number of hydrogen-bond acceptors (Lipinski definition) is 2. The molecule has 104 valence electrons. The van der Waals surface area contributed by atoms with Gasteiger partial charge in [-0.1, -0.05) is 41.4 Å². The highest BCUT2D eigenvalue weighted by Crippen LogP contribution is 2.22. The highest BCUT2D eigenvalue weighted by Gasteiger charge is 2.07. The maximum Gasteiger partial charge on any atom is 0.246 e. The van der Waals surface area contributed by atoms with Gasteiger partial charge in [0.05, 0.1) is 10.9 Å². The monoisotopic (exact) mass is 305 g/mol. The number of likely N-dealkylation sites (N-methyl/N-ethyl adjacent to an activating group) is 1. The van der Waals surface area contributed by atoms with Gasteiger partial charge in [-0.05, 0) is 30.7 Å². The first-order valence-electron chi connectivity index (χ1n) is 6.28. The maximum absolute atomic E-state index is 12.0. The number of nitrogens with zero attached hydrogens (tertiary/aromatic N) is 1. The zero-order chi connectivity index (χ0) is 14.5. The second kappa shape index (κ2) is 6.73. The van der Waals surface area contributed by atoms with Gasteiger partial charge in [-0.15, -0.1) is 11.3 Å². The van der Waals surface area contributed by atoms with Crippen molar-refractivity contribution >= 4 is 34.9 Å². The molecule has 0 N–H and O–H groups in total. The Morgan fingerprint density at radius 1 is 1.25 bits per heavy atom. The van der Waals surface area contributed by atoms with E-state index in [1.165, 1.54) is 16.9 Å². The lowest BCUT2D eigenvalue weighted by Crippen LogP contribution is -2.23. The molecular weight excluding hydrogens is 290 g/mol. The molecule has 0 bridgehead atoms. The fourth-order valence-electron chi connectivity index (χ4n) is 1.72. The Labute approximate surface area is 128 Å². The van der Waals surface area contributed by atoms with E-state index in [0.717, 1.165) is 14.8 Å².